The third-order valence-electron chi connectivity index (χ3n) is 4.51. The van der Waals surface area contributed by atoms with Gasteiger partial charge in [0, 0.05) is 44.1 Å². The quantitative estimate of drug-likeness (QED) is 0.917. The molecule has 24 heavy (non-hydrogen) atoms. The van der Waals surface area contributed by atoms with Crippen molar-refractivity contribution in [2.24, 2.45) is 0 Å². The molecule has 1 fully saturated rings. The topological polar surface area (TPSA) is 65.1 Å². The summed E-state index contributed by atoms with van der Waals surface area (Å²) in [4.78, 5) is 20.7. The van der Waals surface area contributed by atoms with Crippen LogP contribution in [0, 0.1) is 0 Å². The zero-order valence-corrected chi connectivity index (χ0v) is 14.8. The molecule has 3 rings (SSSR count). The van der Waals surface area contributed by atoms with Crippen LogP contribution in [0.25, 0.3) is 0 Å². The van der Waals surface area contributed by atoms with Crippen molar-refractivity contribution >= 4 is 17.3 Å². The Labute approximate surface area is 146 Å². The van der Waals surface area contributed by atoms with Gasteiger partial charge in [0.05, 0.1) is 11.9 Å². The number of piperazine rings is 1. The molecule has 0 spiro atoms. The molecule has 1 N–H and O–H groups in total. The minimum Gasteiger partial charge on any atom is -0.364 e. The van der Waals surface area contributed by atoms with Crippen LogP contribution in [0.4, 0.5) is 5.69 Å². The van der Waals surface area contributed by atoms with E-state index in [2.05, 4.69) is 44.9 Å². The average molecular weight is 348 g/mol. The normalized spacial score (nSPS) is 18.8. The van der Waals surface area contributed by atoms with Crippen LogP contribution < -0.4 is 10.5 Å². The number of aryl methyl sites for hydroxylation is 1. The van der Waals surface area contributed by atoms with Crippen molar-refractivity contribution in [1.29, 1.82) is 0 Å². The Kier molecular flexibility index (Phi) is 5.16. The summed E-state index contributed by atoms with van der Waals surface area (Å²) < 4.78 is 0. The third kappa shape index (κ3) is 3.44. The van der Waals surface area contributed by atoms with Crippen molar-refractivity contribution in [2.75, 3.05) is 24.5 Å². The van der Waals surface area contributed by atoms with Gasteiger partial charge < -0.3 is 4.90 Å². The Morgan fingerprint density at radius 1 is 1.42 bits per heavy atom. The van der Waals surface area contributed by atoms with Gasteiger partial charge in [-0.1, -0.05) is 24.6 Å². The predicted octanol–water partition coefficient (Wildman–Crippen LogP) is 2.09. The van der Waals surface area contributed by atoms with Gasteiger partial charge in [-0.05, 0) is 25.0 Å². The fraction of sp³-hybridized carbons (Fsp3) is 0.471. The molecule has 1 aliphatic heterocycles. The third-order valence-corrected chi connectivity index (χ3v) is 4.88. The van der Waals surface area contributed by atoms with E-state index in [0.29, 0.717) is 5.69 Å². The van der Waals surface area contributed by atoms with E-state index in [9.17, 15) is 4.79 Å². The van der Waals surface area contributed by atoms with E-state index in [4.69, 9.17) is 11.6 Å². The van der Waals surface area contributed by atoms with E-state index < -0.39 is 0 Å². The second kappa shape index (κ2) is 7.32. The number of anilines is 1. The molecule has 0 saturated carbocycles. The Morgan fingerprint density at radius 2 is 2.25 bits per heavy atom. The fourth-order valence-corrected chi connectivity index (χ4v) is 3.48. The molecule has 0 bridgehead atoms. The highest BCUT2D eigenvalue weighted by molar-refractivity contribution is 6.33. The lowest BCUT2D eigenvalue weighted by atomic mass is 10.1. The van der Waals surface area contributed by atoms with Gasteiger partial charge in [0.2, 0.25) is 0 Å². The minimum absolute atomic E-state index is 0.214. The highest BCUT2D eigenvalue weighted by Gasteiger charge is 2.26. The SMILES string of the molecule is CCc1ncccc1CN1CCN(c2cn[nH]c(=O)c2Cl)[C@H](C)C1. The van der Waals surface area contributed by atoms with Gasteiger partial charge in [0.1, 0.15) is 5.02 Å². The van der Waals surface area contributed by atoms with Gasteiger partial charge in [-0.25, -0.2) is 5.10 Å². The van der Waals surface area contributed by atoms with Crippen LogP contribution in [0.15, 0.2) is 29.3 Å². The number of nitrogens with one attached hydrogen (secondary N) is 1. The lowest BCUT2D eigenvalue weighted by molar-refractivity contribution is 0.220. The minimum atomic E-state index is -0.341. The van der Waals surface area contributed by atoms with Crippen molar-refractivity contribution in [3.63, 3.8) is 0 Å². The lowest BCUT2D eigenvalue weighted by Gasteiger charge is -2.41. The second-order valence-corrected chi connectivity index (χ2v) is 6.52. The van der Waals surface area contributed by atoms with Crippen molar-refractivity contribution in [1.82, 2.24) is 20.1 Å². The van der Waals surface area contributed by atoms with E-state index in [1.807, 2.05) is 12.3 Å². The van der Waals surface area contributed by atoms with Crippen molar-refractivity contribution < 1.29 is 0 Å². The molecule has 0 amide bonds. The molecule has 2 aromatic rings. The molecule has 2 aromatic heterocycles. The maximum Gasteiger partial charge on any atom is 0.285 e. The monoisotopic (exact) mass is 347 g/mol. The molecule has 7 heteroatoms. The molecule has 1 aliphatic rings. The first kappa shape index (κ1) is 16.9. The molecule has 0 radical (unpaired) electrons. The van der Waals surface area contributed by atoms with E-state index in [1.165, 1.54) is 5.56 Å². The predicted molar refractivity (Wildman–Crippen MR) is 95.6 cm³/mol. The zero-order valence-electron chi connectivity index (χ0n) is 14.0. The average Bonchev–Trinajstić information content (AvgIpc) is 2.58. The molecule has 1 atom stereocenters. The van der Waals surface area contributed by atoms with Crippen molar-refractivity contribution in [3.8, 4) is 0 Å². The summed E-state index contributed by atoms with van der Waals surface area (Å²) in [5.74, 6) is 0. The van der Waals surface area contributed by atoms with Crippen LogP contribution in [-0.4, -0.2) is 45.8 Å². The Hall–Kier alpha value is -1.92. The summed E-state index contributed by atoms with van der Waals surface area (Å²) in [5.41, 5.74) is 2.82. The molecule has 0 aromatic carbocycles. The zero-order chi connectivity index (χ0) is 17.1. The number of halogens is 1. The van der Waals surface area contributed by atoms with Crippen LogP contribution in [0.2, 0.25) is 5.02 Å². The number of aromatic nitrogens is 3. The van der Waals surface area contributed by atoms with Gasteiger partial charge in [-0.2, -0.15) is 5.10 Å². The molecule has 128 valence electrons. The summed E-state index contributed by atoms with van der Waals surface area (Å²) in [6.45, 7) is 7.80. The summed E-state index contributed by atoms with van der Waals surface area (Å²) in [7, 11) is 0. The number of hydrogen-bond donors (Lipinski definition) is 1. The summed E-state index contributed by atoms with van der Waals surface area (Å²) >= 11 is 6.15. The number of hydrogen-bond acceptors (Lipinski definition) is 5. The van der Waals surface area contributed by atoms with Crippen LogP contribution in [0.5, 0.6) is 0 Å². The fourth-order valence-electron chi connectivity index (χ4n) is 3.28. The van der Waals surface area contributed by atoms with Crippen LogP contribution in [0.1, 0.15) is 25.1 Å². The van der Waals surface area contributed by atoms with E-state index in [1.54, 1.807) is 6.20 Å². The first-order valence-electron chi connectivity index (χ1n) is 8.25. The van der Waals surface area contributed by atoms with E-state index >= 15 is 0 Å². The van der Waals surface area contributed by atoms with Crippen LogP contribution in [-0.2, 0) is 13.0 Å². The molecule has 0 unspecified atom stereocenters. The highest BCUT2D eigenvalue weighted by atomic mass is 35.5. The highest BCUT2D eigenvalue weighted by Crippen LogP contribution is 2.25. The number of nitrogens with zero attached hydrogens (tertiary/aromatic N) is 4. The molecule has 0 aliphatic carbocycles. The number of H-pyrrole nitrogens is 1. The molecule has 6 nitrogen and oxygen atoms in total. The first-order valence-corrected chi connectivity index (χ1v) is 8.63. The van der Waals surface area contributed by atoms with Gasteiger partial charge in [-0.15, -0.1) is 0 Å². The molecular formula is C17H22ClN5O. The van der Waals surface area contributed by atoms with Gasteiger partial charge >= 0.3 is 0 Å². The van der Waals surface area contributed by atoms with Gasteiger partial charge in [0.15, 0.2) is 0 Å². The number of rotatable bonds is 4. The van der Waals surface area contributed by atoms with Gasteiger partial charge in [0.25, 0.3) is 5.56 Å². The van der Waals surface area contributed by atoms with Crippen LogP contribution >= 0.6 is 11.6 Å². The molecule has 1 saturated heterocycles. The Balaban J connectivity index is 1.71. The maximum atomic E-state index is 11.7. The largest absolute Gasteiger partial charge is 0.364 e. The van der Waals surface area contributed by atoms with Crippen molar-refractivity contribution in [2.45, 2.75) is 32.9 Å². The Morgan fingerprint density at radius 3 is 3.00 bits per heavy atom. The molecule has 3 heterocycles. The van der Waals surface area contributed by atoms with Crippen LogP contribution in [0.3, 0.4) is 0 Å². The maximum absolute atomic E-state index is 11.7. The summed E-state index contributed by atoms with van der Waals surface area (Å²) in [6.07, 6.45) is 4.43. The number of pyridine rings is 1. The standard InChI is InChI=1S/C17H22ClN5O/c1-3-14-13(5-4-6-19-14)11-22-7-8-23(12(2)10-22)15-9-20-21-17(24)16(15)18/h4-6,9,12H,3,7-8,10-11H2,1-2H3,(H,21,24)/t12-/m1/s1. The second-order valence-electron chi connectivity index (χ2n) is 6.14. The summed E-state index contributed by atoms with van der Waals surface area (Å²) in [5, 5.41) is 6.46. The first-order chi connectivity index (χ1) is 11.6. The smallest absolute Gasteiger partial charge is 0.285 e. The van der Waals surface area contributed by atoms with E-state index in [0.717, 1.165) is 38.3 Å². The van der Waals surface area contributed by atoms with Gasteiger partial charge in [-0.3, -0.25) is 14.7 Å². The summed E-state index contributed by atoms with van der Waals surface area (Å²) in [6, 6.07) is 4.40. The van der Waals surface area contributed by atoms with E-state index in [-0.39, 0.29) is 16.6 Å². The lowest BCUT2D eigenvalue weighted by Crippen LogP contribution is -2.52. The Bertz CT molecular complexity index is 763. The van der Waals surface area contributed by atoms with Crippen molar-refractivity contribution in [3.05, 3.63) is 51.2 Å². The molecular weight excluding hydrogens is 326 g/mol. The number of aromatic amines is 1.